The molecule has 18 aliphatic carbocycles. The van der Waals surface area contributed by atoms with Gasteiger partial charge in [-0.1, -0.05) is 139 Å². The van der Waals surface area contributed by atoms with Crippen LogP contribution in [0.4, 0.5) is 34.1 Å². The molecule has 0 radical (unpaired) electrons. The third kappa shape index (κ3) is 3.15. The van der Waals surface area contributed by atoms with Gasteiger partial charge >= 0.3 is 0 Å². The van der Waals surface area contributed by atoms with Crippen LogP contribution >= 0.6 is 0 Å². The van der Waals surface area contributed by atoms with Crippen molar-refractivity contribution >= 4 is 45.3 Å². The van der Waals surface area contributed by atoms with Crippen LogP contribution in [0.5, 0.6) is 0 Å². The van der Waals surface area contributed by atoms with Crippen molar-refractivity contribution in [2.75, 3.05) is 9.80 Å². The van der Waals surface area contributed by atoms with Crippen LogP contribution < -0.4 is 9.80 Å². The summed E-state index contributed by atoms with van der Waals surface area (Å²) in [6.45, 7) is 0. The molecule has 0 amide bonds. The molecule has 79 heavy (non-hydrogen) atoms. The summed E-state index contributed by atoms with van der Waals surface area (Å²) in [7, 11) is 0. The van der Waals surface area contributed by atoms with Crippen molar-refractivity contribution in [3.8, 4) is 0 Å². The number of allylic oxidation sites excluding steroid dienone is 12. The summed E-state index contributed by atoms with van der Waals surface area (Å²) in [5.74, 6) is 10.8. The van der Waals surface area contributed by atoms with E-state index in [0.29, 0.717) is 82.9 Å². The predicted octanol–water partition coefficient (Wildman–Crippen LogP) is 16.8. The minimum Gasteiger partial charge on any atom is -0.311 e. The molecule has 7 fully saturated rings. The molecule has 2 heteroatoms. The molecule has 20 unspecified atom stereocenters. The summed E-state index contributed by atoms with van der Waals surface area (Å²) in [5, 5.41) is 0. The van der Waals surface area contributed by atoms with E-state index in [9.17, 15) is 0 Å². The average Bonchev–Trinajstić information content (AvgIpc) is 1.28. The van der Waals surface area contributed by atoms with Crippen molar-refractivity contribution in [2.45, 2.75) is 41.9 Å². The van der Waals surface area contributed by atoms with Crippen LogP contribution in [0.15, 0.2) is 229 Å². The molecule has 25 rings (SSSR count). The summed E-state index contributed by atoms with van der Waals surface area (Å²) in [6.07, 6.45) is 20.3. The monoisotopic (exact) mass is 1010 g/mol. The van der Waals surface area contributed by atoms with Gasteiger partial charge in [-0.05, 0) is 253 Å². The Kier molecular flexibility index (Phi) is 5.67. The third-order valence-electron chi connectivity index (χ3n) is 27.9. The first kappa shape index (κ1) is 39.0. The molecule has 0 aromatic heterocycles. The second-order valence-corrected chi connectivity index (χ2v) is 28.4. The third-order valence-corrected chi connectivity index (χ3v) is 27.9. The molecule has 7 aromatic rings. The molecule has 18 aliphatic rings. The highest BCUT2D eigenvalue weighted by Crippen LogP contribution is 3.33. The standard InChI is InChI=1S/C77H54N2/c1-5-13-39(14-6-1)78(40-15-7-2-8-16-40)43-25-21-37(22-26-43)73(38-23-27-44(28-24-38)79(41-17-9-3-10-18-41)42-19-11-4-12-20-42)76-71-51-35-33-49-47-31-29-45-46-30-32-48-50-34-36-52-60-58(50)63-56(48)54(46)61-53(45)55(47)62-57(49)59(51)69-67-65(62)64(61)66(63)68(67)70(60)75(74(69,71)76)72(52)77(73,75)76/h1-29,31,33-36,45-53,55,57-60,71-72H,30,32H2. The van der Waals surface area contributed by atoms with Crippen LogP contribution in [-0.4, -0.2) is 0 Å². The molecular formula is C77H54N2. The number of nitrogens with zero attached hydrogens (tertiary/aromatic N) is 2. The van der Waals surface area contributed by atoms with E-state index < -0.39 is 0 Å². The van der Waals surface area contributed by atoms with Crippen molar-refractivity contribution in [3.63, 3.8) is 0 Å². The second kappa shape index (κ2) is 11.5. The molecule has 0 saturated heterocycles. The van der Waals surface area contributed by atoms with E-state index >= 15 is 0 Å². The fourth-order valence-corrected chi connectivity index (χ4v) is 27.8. The van der Waals surface area contributed by atoms with Crippen molar-refractivity contribution < 1.29 is 0 Å². The van der Waals surface area contributed by atoms with Gasteiger partial charge < -0.3 is 9.80 Å². The van der Waals surface area contributed by atoms with Crippen molar-refractivity contribution in [1.29, 1.82) is 0 Å². The minimum atomic E-state index is -0.112. The van der Waals surface area contributed by atoms with Crippen LogP contribution in [-0.2, 0) is 5.41 Å². The van der Waals surface area contributed by atoms with Gasteiger partial charge in [0.15, 0.2) is 0 Å². The van der Waals surface area contributed by atoms with Gasteiger partial charge in [-0.15, -0.1) is 0 Å². The zero-order chi connectivity index (χ0) is 49.9. The number of rotatable bonds is 8. The highest BCUT2D eigenvalue weighted by Gasteiger charge is 3.32. The Bertz CT molecular complexity index is 4240. The molecule has 0 bridgehead atoms. The number of para-hydroxylation sites is 4. The van der Waals surface area contributed by atoms with E-state index in [0.717, 1.165) is 11.8 Å². The molecule has 4 spiro atoms. The lowest BCUT2D eigenvalue weighted by atomic mass is 9.49. The largest absolute Gasteiger partial charge is 0.311 e. The summed E-state index contributed by atoms with van der Waals surface area (Å²) < 4.78 is 0. The second-order valence-electron chi connectivity index (χ2n) is 28.4. The maximum atomic E-state index is 2.96. The minimum absolute atomic E-state index is 0.112. The lowest BCUT2D eigenvalue weighted by Crippen LogP contribution is -2.46. The first-order valence-corrected chi connectivity index (χ1v) is 30.8. The Morgan fingerprint density at radius 3 is 1.15 bits per heavy atom. The van der Waals surface area contributed by atoms with Gasteiger partial charge in [0.25, 0.3) is 0 Å². The van der Waals surface area contributed by atoms with Gasteiger partial charge in [-0.2, -0.15) is 0 Å². The molecule has 0 N–H and O–H groups in total. The van der Waals surface area contributed by atoms with Gasteiger partial charge in [0.05, 0.1) is 0 Å². The Balaban J connectivity index is 0.785. The van der Waals surface area contributed by atoms with Gasteiger partial charge in [-0.25, -0.2) is 0 Å². The molecule has 7 saturated carbocycles. The number of anilines is 6. The van der Waals surface area contributed by atoms with Crippen LogP contribution in [0.1, 0.15) is 81.0 Å². The Labute approximate surface area is 460 Å². The van der Waals surface area contributed by atoms with Crippen molar-refractivity contribution in [2.24, 2.45) is 92.7 Å². The number of hydrogen-bond donors (Lipinski definition) is 0. The molecule has 0 aliphatic heterocycles. The SMILES string of the molecule is C1=CC2C3C4=C5C6=C7C3C1C1C=CC3C8CCC9c%10c8c(c6c6c%10C8C9C=CC9C8C(=C56)C56C9C58C(c5ccc(N(c9ccccc9)c9ccccc9)cc5)(c5ccc(N(c9ccccc9)c9ccccc9)cc5)C85C2C465)C3C71. The molecule has 7 aromatic carbocycles. The maximum absolute atomic E-state index is 2.96. The molecule has 0 heterocycles. The first-order valence-electron chi connectivity index (χ1n) is 30.8. The average molecular weight is 1010 g/mol. The maximum Gasteiger partial charge on any atom is 0.0461 e. The summed E-state index contributed by atoms with van der Waals surface area (Å²) in [4.78, 5) is 4.97. The van der Waals surface area contributed by atoms with E-state index in [1.807, 2.05) is 55.7 Å². The van der Waals surface area contributed by atoms with Gasteiger partial charge in [0.2, 0.25) is 0 Å². The van der Waals surface area contributed by atoms with Crippen LogP contribution in [0.3, 0.4) is 0 Å². The smallest absolute Gasteiger partial charge is 0.0461 e. The summed E-state index contributed by atoms with van der Waals surface area (Å²) in [6, 6.07) is 65.2. The van der Waals surface area contributed by atoms with E-state index in [1.165, 1.54) is 47.0 Å². The summed E-state index contributed by atoms with van der Waals surface area (Å²) >= 11 is 0. The first-order chi connectivity index (χ1) is 39.3. The topological polar surface area (TPSA) is 6.48 Å². The van der Waals surface area contributed by atoms with E-state index in [4.69, 9.17) is 0 Å². The zero-order valence-corrected chi connectivity index (χ0v) is 43.7. The van der Waals surface area contributed by atoms with E-state index in [2.05, 4.69) is 227 Å². The van der Waals surface area contributed by atoms with Crippen LogP contribution in [0, 0.1) is 92.7 Å². The zero-order valence-electron chi connectivity index (χ0n) is 43.7. The van der Waals surface area contributed by atoms with Crippen LogP contribution in [0.25, 0.3) is 11.1 Å². The highest BCUT2D eigenvalue weighted by molar-refractivity contribution is 6.19. The number of hydrogen-bond acceptors (Lipinski definition) is 2. The van der Waals surface area contributed by atoms with Crippen molar-refractivity contribution in [3.05, 3.63) is 273 Å². The lowest BCUT2D eigenvalue weighted by Gasteiger charge is -2.53. The Morgan fingerprint density at radius 1 is 0.316 bits per heavy atom. The van der Waals surface area contributed by atoms with Gasteiger partial charge in [0.1, 0.15) is 0 Å². The fourth-order valence-electron chi connectivity index (χ4n) is 27.8. The lowest BCUT2D eigenvalue weighted by molar-refractivity contribution is 0.162. The molecule has 372 valence electrons. The summed E-state index contributed by atoms with van der Waals surface area (Å²) in [5.41, 5.74) is 34.6. The van der Waals surface area contributed by atoms with Gasteiger partial charge in [0, 0.05) is 61.2 Å². The fraction of sp³-hybridized carbons (Fsp3) is 0.299. The quantitative estimate of drug-likeness (QED) is 0.140. The van der Waals surface area contributed by atoms with Crippen LogP contribution in [0.2, 0.25) is 0 Å². The number of fused-ring (bicyclic) bond motifs is 5. The van der Waals surface area contributed by atoms with Crippen molar-refractivity contribution in [1.82, 2.24) is 0 Å². The number of benzene rings is 7. The predicted molar refractivity (Wildman–Crippen MR) is 310 cm³/mol. The normalized spacial score (nSPS) is 43.8. The Hall–Kier alpha value is -7.42. The molecular weight excluding hydrogens is 953 g/mol. The highest BCUT2D eigenvalue weighted by atomic mass is 15.3. The molecule has 20 atom stereocenters. The molecule has 2 nitrogen and oxygen atoms in total. The van der Waals surface area contributed by atoms with Gasteiger partial charge in [-0.3, -0.25) is 0 Å². The van der Waals surface area contributed by atoms with E-state index in [1.54, 1.807) is 11.1 Å². The Morgan fingerprint density at radius 2 is 0.684 bits per heavy atom. The van der Waals surface area contributed by atoms with E-state index in [-0.39, 0.29) is 27.1 Å².